The standard InChI is InChI=1S/C14H12F2N2O/c15-11-4-5-13(12(16)7-11)18-14(19)10-3-1-2-9(6-10)8-17/h1-7H,8,17H2,(H,18,19). The second kappa shape index (κ2) is 5.58. The lowest BCUT2D eigenvalue weighted by molar-refractivity contribution is 0.102. The van der Waals surface area contributed by atoms with Crippen molar-refractivity contribution in [1.29, 1.82) is 0 Å². The van der Waals surface area contributed by atoms with Crippen LogP contribution in [0.25, 0.3) is 0 Å². The maximum absolute atomic E-state index is 13.4. The fraction of sp³-hybridized carbons (Fsp3) is 0.0714. The average Bonchev–Trinajstić information content (AvgIpc) is 2.42. The first-order valence-corrected chi connectivity index (χ1v) is 5.65. The van der Waals surface area contributed by atoms with Crippen LogP contribution in [-0.2, 0) is 6.54 Å². The van der Waals surface area contributed by atoms with Crippen molar-refractivity contribution in [3.63, 3.8) is 0 Å². The van der Waals surface area contributed by atoms with Crippen molar-refractivity contribution in [2.45, 2.75) is 6.54 Å². The van der Waals surface area contributed by atoms with Gasteiger partial charge in [-0.25, -0.2) is 8.78 Å². The van der Waals surface area contributed by atoms with E-state index in [0.29, 0.717) is 18.2 Å². The van der Waals surface area contributed by atoms with Gasteiger partial charge < -0.3 is 11.1 Å². The summed E-state index contributed by atoms with van der Waals surface area (Å²) < 4.78 is 26.1. The number of carbonyl (C=O) groups is 1. The number of nitrogens with one attached hydrogen (secondary N) is 1. The Morgan fingerprint density at radius 2 is 1.95 bits per heavy atom. The van der Waals surface area contributed by atoms with Gasteiger partial charge in [0, 0.05) is 18.2 Å². The molecule has 0 saturated heterocycles. The summed E-state index contributed by atoms with van der Waals surface area (Å²) >= 11 is 0. The molecular weight excluding hydrogens is 250 g/mol. The monoisotopic (exact) mass is 262 g/mol. The molecule has 98 valence electrons. The van der Waals surface area contributed by atoms with Crippen LogP contribution in [0.2, 0.25) is 0 Å². The van der Waals surface area contributed by atoms with Gasteiger partial charge in [-0.05, 0) is 29.8 Å². The Balaban J connectivity index is 2.20. The number of carbonyl (C=O) groups excluding carboxylic acids is 1. The van der Waals surface area contributed by atoms with Crippen LogP contribution in [0, 0.1) is 11.6 Å². The summed E-state index contributed by atoms with van der Waals surface area (Å²) in [6.45, 7) is 0.312. The highest BCUT2D eigenvalue weighted by Crippen LogP contribution is 2.16. The van der Waals surface area contributed by atoms with Crippen molar-refractivity contribution in [2.75, 3.05) is 5.32 Å². The van der Waals surface area contributed by atoms with Gasteiger partial charge in [0.25, 0.3) is 5.91 Å². The fourth-order valence-corrected chi connectivity index (χ4v) is 1.62. The fourth-order valence-electron chi connectivity index (χ4n) is 1.62. The molecule has 0 heterocycles. The zero-order valence-electron chi connectivity index (χ0n) is 9.99. The van der Waals surface area contributed by atoms with E-state index in [1.165, 1.54) is 6.07 Å². The number of hydrogen-bond acceptors (Lipinski definition) is 2. The van der Waals surface area contributed by atoms with Gasteiger partial charge in [-0.15, -0.1) is 0 Å². The molecule has 0 atom stereocenters. The molecule has 0 aliphatic heterocycles. The minimum Gasteiger partial charge on any atom is -0.326 e. The molecule has 3 N–H and O–H groups in total. The number of benzene rings is 2. The maximum Gasteiger partial charge on any atom is 0.255 e. The molecule has 0 spiro atoms. The van der Waals surface area contributed by atoms with Crippen molar-refractivity contribution in [3.05, 3.63) is 65.2 Å². The van der Waals surface area contributed by atoms with Crippen LogP contribution in [-0.4, -0.2) is 5.91 Å². The summed E-state index contributed by atoms with van der Waals surface area (Å²) in [5, 5.41) is 2.38. The molecule has 0 fully saturated rings. The number of rotatable bonds is 3. The van der Waals surface area contributed by atoms with Crippen molar-refractivity contribution in [1.82, 2.24) is 0 Å². The van der Waals surface area contributed by atoms with Crippen molar-refractivity contribution in [2.24, 2.45) is 5.73 Å². The number of nitrogens with two attached hydrogens (primary N) is 1. The van der Waals surface area contributed by atoms with Gasteiger partial charge in [-0.1, -0.05) is 12.1 Å². The maximum atomic E-state index is 13.4. The zero-order chi connectivity index (χ0) is 13.8. The van der Waals surface area contributed by atoms with E-state index < -0.39 is 17.5 Å². The van der Waals surface area contributed by atoms with Gasteiger partial charge in [-0.2, -0.15) is 0 Å². The highest BCUT2D eigenvalue weighted by Gasteiger charge is 2.10. The Morgan fingerprint density at radius 3 is 2.63 bits per heavy atom. The van der Waals surface area contributed by atoms with E-state index in [1.807, 2.05) is 0 Å². The molecule has 0 aromatic heterocycles. The van der Waals surface area contributed by atoms with Gasteiger partial charge in [0.1, 0.15) is 11.6 Å². The molecule has 0 unspecified atom stereocenters. The summed E-state index contributed by atoms with van der Waals surface area (Å²) in [6, 6.07) is 9.66. The first-order valence-electron chi connectivity index (χ1n) is 5.65. The SMILES string of the molecule is NCc1cccc(C(=O)Nc2ccc(F)cc2F)c1. The minimum atomic E-state index is -0.816. The van der Waals surface area contributed by atoms with Crippen molar-refractivity contribution < 1.29 is 13.6 Å². The second-order valence-corrected chi connectivity index (χ2v) is 3.98. The third kappa shape index (κ3) is 3.14. The largest absolute Gasteiger partial charge is 0.326 e. The van der Waals surface area contributed by atoms with E-state index in [0.717, 1.165) is 11.6 Å². The van der Waals surface area contributed by atoms with Gasteiger partial charge >= 0.3 is 0 Å². The van der Waals surface area contributed by atoms with Crippen molar-refractivity contribution in [3.8, 4) is 0 Å². The molecule has 3 nitrogen and oxygen atoms in total. The van der Waals surface area contributed by atoms with E-state index in [2.05, 4.69) is 5.32 Å². The molecular formula is C14H12F2N2O. The molecule has 0 saturated carbocycles. The van der Waals surface area contributed by atoms with Crippen LogP contribution in [0.1, 0.15) is 15.9 Å². The zero-order valence-corrected chi connectivity index (χ0v) is 9.99. The molecule has 0 radical (unpaired) electrons. The van der Waals surface area contributed by atoms with Crippen LogP contribution in [0.15, 0.2) is 42.5 Å². The van der Waals surface area contributed by atoms with E-state index >= 15 is 0 Å². The van der Waals surface area contributed by atoms with E-state index in [4.69, 9.17) is 5.73 Å². The highest BCUT2D eigenvalue weighted by atomic mass is 19.1. The molecule has 0 aliphatic rings. The normalized spacial score (nSPS) is 10.3. The Kier molecular flexibility index (Phi) is 3.87. The third-order valence-electron chi connectivity index (χ3n) is 2.60. The second-order valence-electron chi connectivity index (χ2n) is 3.98. The topological polar surface area (TPSA) is 55.1 Å². The third-order valence-corrected chi connectivity index (χ3v) is 2.60. The molecule has 2 rings (SSSR count). The van der Waals surface area contributed by atoms with Crippen LogP contribution < -0.4 is 11.1 Å². The van der Waals surface area contributed by atoms with Gasteiger partial charge in [0.05, 0.1) is 5.69 Å². The molecule has 5 heteroatoms. The van der Waals surface area contributed by atoms with E-state index in [1.54, 1.807) is 24.3 Å². The quantitative estimate of drug-likeness (QED) is 0.893. The molecule has 0 bridgehead atoms. The summed E-state index contributed by atoms with van der Waals surface area (Å²) in [7, 11) is 0. The van der Waals surface area contributed by atoms with E-state index in [-0.39, 0.29) is 5.69 Å². The summed E-state index contributed by atoms with van der Waals surface area (Å²) in [5.41, 5.74) is 6.58. The first-order chi connectivity index (χ1) is 9.10. The minimum absolute atomic E-state index is 0.0652. The van der Waals surface area contributed by atoms with Gasteiger partial charge in [-0.3, -0.25) is 4.79 Å². The summed E-state index contributed by atoms with van der Waals surface area (Å²) in [4.78, 5) is 11.9. The number of anilines is 1. The van der Waals surface area contributed by atoms with Crippen LogP contribution in [0.3, 0.4) is 0 Å². The van der Waals surface area contributed by atoms with E-state index in [9.17, 15) is 13.6 Å². The molecule has 2 aromatic carbocycles. The molecule has 2 aromatic rings. The number of halogens is 2. The van der Waals surface area contributed by atoms with Gasteiger partial charge in [0.15, 0.2) is 0 Å². The Bertz CT molecular complexity index is 614. The smallest absolute Gasteiger partial charge is 0.255 e. The first kappa shape index (κ1) is 13.2. The summed E-state index contributed by atoms with van der Waals surface area (Å²) in [5.74, 6) is -1.98. The lowest BCUT2D eigenvalue weighted by atomic mass is 10.1. The lowest BCUT2D eigenvalue weighted by Gasteiger charge is -2.07. The predicted molar refractivity (Wildman–Crippen MR) is 68.6 cm³/mol. The Hall–Kier alpha value is -2.27. The molecule has 19 heavy (non-hydrogen) atoms. The molecule has 1 amide bonds. The Labute approximate surface area is 109 Å². The van der Waals surface area contributed by atoms with Crippen LogP contribution in [0.5, 0.6) is 0 Å². The Morgan fingerprint density at radius 1 is 1.16 bits per heavy atom. The summed E-state index contributed by atoms with van der Waals surface area (Å²) in [6.07, 6.45) is 0. The number of amides is 1. The van der Waals surface area contributed by atoms with Crippen LogP contribution in [0.4, 0.5) is 14.5 Å². The average molecular weight is 262 g/mol. The predicted octanol–water partition coefficient (Wildman–Crippen LogP) is 2.68. The highest BCUT2D eigenvalue weighted by molar-refractivity contribution is 6.04. The number of hydrogen-bond donors (Lipinski definition) is 2. The van der Waals surface area contributed by atoms with Crippen molar-refractivity contribution >= 4 is 11.6 Å². The van der Waals surface area contributed by atoms with Crippen LogP contribution >= 0.6 is 0 Å². The van der Waals surface area contributed by atoms with Gasteiger partial charge in [0.2, 0.25) is 0 Å². The lowest BCUT2D eigenvalue weighted by Crippen LogP contribution is -2.13. The molecule has 0 aliphatic carbocycles.